The molecule has 32 heavy (non-hydrogen) atoms. The summed E-state index contributed by atoms with van der Waals surface area (Å²) in [7, 11) is -0.272. The summed E-state index contributed by atoms with van der Waals surface area (Å²) in [5, 5.41) is 1.75. The molecule has 8 nitrogen and oxygen atoms in total. The van der Waals surface area contributed by atoms with E-state index in [-0.39, 0.29) is 11.8 Å². The topological polar surface area (TPSA) is 90.2 Å². The second-order valence-corrected chi connectivity index (χ2v) is 11.4. The van der Waals surface area contributed by atoms with Crippen LogP contribution in [0.5, 0.6) is 11.5 Å². The number of methoxy groups -OCH3 is 2. The molecule has 1 saturated heterocycles. The largest absolute Gasteiger partial charge is 0.495 e. The minimum Gasteiger partial charge on any atom is -0.495 e. The van der Waals surface area contributed by atoms with Gasteiger partial charge in [-0.15, -0.1) is 11.3 Å². The van der Waals surface area contributed by atoms with Crippen molar-refractivity contribution in [2.75, 3.05) is 27.3 Å². The molecule has 4 rings (SSSR count). The number of ether oxygens (including phenoxy) is 2. The molecule has 0 atom stereocenters. The fraction of sp³-hybridized carbons (Fsp3) is 0.429. The van der Waals surface area contributed by atoms with Gasteiger partial charge in [0.15, 0.2) is 4.80 Å². The van der Waals surface area contributed by atoms with E-state index in [0.29, 0.717) is 53.0 Å². The summed E-state index contributed by atoms with van der Waals surface area (Å²) >= 11 is 2.60. The highest BCUT2D eigenvalue weighted by Crippen LogP contribution is 2.35. The minimum atomic E-state index is -3.49. The van der Waals surface area contributed by atoms with Crippen LogP contribution in [0.25, 0.3) is 10.2 Å². The monoisotopic (exact) mass is 495 g/mol. The molecule has 0 spiro atoms. The van der Waals surface area contributed by atoms with Crippen LogP contribution in [-0.2, 0) is 21.4 Å². The Kier molecular flexibility index (Phi) is 6.70. The van der Waals surface area contributed by atoms with E-state index < -0.39 is 10.0 Å². The zero-order valence-electron chi connectivity index (χ0n) is 18.1. The van der Waals surface area contributed by atoms with Crippen molar-refractivity contribution in [3.05, 3.63) is 34.4 Å². The molecule has 1 aliphatic rings. The Bertz CT molecular complexity index is 1280. The molecular formula is C21H25N3O5S3. The lowest BCUT2D eigenvalue weighted by atomic mass is 9.98. The van der Waals surface area contributed by atoms with Crippen molar-refractivity contribution in [3.63, 3.8) is 0 Å². The number of aromatic nitrogens is 1. The van der Waals surface area contributed by atoms with E-state index in [9.17, 15) is 13.2 Å². The van der Waals surface area contributed by atoms with Gasteiger partial charge in [-0.05, 0) is 43.3 Å². The summed E-state index contributed by atoms with van der Waals surface area (Å²) in [6, 6.07) is 7.02. The number of benzene rings is 1. The quantitative estimate of drug-likeness (QED) is 0.523. The zero-order chi connectivity index (χ0) is 22.9. The van der Waals surface area contributed by atoms with E-state index in [4.69, 9.17) is 9.47 Å². The number of rotatable bonds is 6. The molecule has 0 N–H and O–H groups in total. The van der Waals surface area contributed by atoms with E-state index in [0.717, 1.165) is 10.2 Å². The molecule has 172 valence electrons. The van der Waals surface area contributed by atoms with Gasteiger partial charge in [-0.25, -0.2) is 8.42 Å². The van der Waals surface area contributed by atoms with Gasteiger partial charge >= 0.3 is 0 Å². The van der Waals surface area contributed by atoms with E-state index in [1.807, 2.05) is 23.6 Å². The maximum Gasteiger partial charge on any atom is 0.252 e. The predicted octanol–water partition coefficient (Wildman–Crippen LogP) is 3.33. The Morgan fingerprint density at radius 3 is 2.44 bits per heavy atom. The number of aryl methyl sites for hydroxylation is 1. The average molecular weight is 496 g/mol. The molecule has 3 heterocycles. The molecule has 1 amide bonds. The Balaban J connectivity index is 1.60. The standard InChI is InChI=1S/C21H25N3O5S3/c1-4-24-18-15(28-2)7-8-16(29-3)19(18)31-21(24)22-20(25)14-9-11-23(12-10-14)32(26,27)17-6-5-13-30-17/h5-8,13-14H,4,9-12H2,1-3H3. The second kappa shape index (κ2) is 9.34. The molecule has 0 saturated carbocycles. The highest BCUT2D eigenvalue weighted by atomic mass is 32.2. The molecule has 2 aromatic heterocycles. The maximum atomic E-state index is 13.0. The average Bonchev–Trinajstić information content (AvgIpc) is 3.47. The number of hydrogen-bond acceptors (Lipinski definition) is 7. The van der Waals surface area contributed by atoms with Gasteiger partial charge in [-0.3, -0.25) is 4.79 Å². The first-order valence-electron chi connectivity index (χ1n) is 10.3. The van der Waals surface area contributed by atoms with Crippen molar-refractivity contribution in [3.8, 4) is 11.5 Å². The number of carbonyl (C=O) groups excluding carboxylic acids is 1. The summed E-state index contributed by atoms with van der Waals surface area (Å²) in [4.78, 5) is 18.0. The summed E-state index contributed by atoms with van der Waals surface area (Å²) in [5.74, 6) is 0.878. The van der Waals surface area contributed by atoms with Crippen molar-refractivity contribution < 1.29 is 22.7 Å². The van der Waals surface area contributed by atoms with Crippen LogP contribution < -0.4 is 14.3 Å². The van der Waals surface area contributed by atoms with Crippen LogP contribution in [-0.4, -0.2) is 50.5 Å². The first-order chi connectivity index (χ1) is 15.4. The molecule has 1 fully saturated rings. The molecule has 0 bridgehead atoms. The number of hydrogen-bond donors (Lipinski definition) is 0. The van der Waals surface area contributed by atoms with Crippen molar-refractivity contribution in [2.24, 2.45) is 10.9 Å². The normalized spacial score (nSPS) is 16.5. The molecule has 1 aliphatic heterocycles. The first kappa shape index (κ1) is 23.0. The molecule has 3 aromatic rings. The molecule has 1 aromatic carbocycles. The number of carbonyl (C=O) groups is 1. The van der Waals surface area contributed by atoms with Crippen LogP contribution in [0.3, 0.4) is 0 Å². The summed E-state index contributed by atoms with van der Waals surface area (Å²) < 4.78 is 41.1. The molecular weight excluding hydrogens is 470 g/mol. The fourth-order valence-electron chi connectivity index (χ4n) is 3.90. The van der Waals surface area contributed by atoms with Crippen molar-refractivity contribution >= 4 is 48.8 Å². The van der Waals surface area contributed by atoms with Crippen LogP contribution in [0.1, 0.15) is 19.8 Å². The molecule has 11 heteroatoms. The number of piperidine rings is 1. The third kappa shape index (κ3) is 4.09. The summed E-state index contributed by atoms with van der Waals surface area (Å²) in [5.41, 5.74) is 0.850. The third-order valence-electron chi connectivity index (χ3n) is 5.61. The van der Waals surface area contributed by atoms with E-state index >= 15 is 0 Å². The highest BCUT2D eigenvalue weighted by Gasteiger charge is 2.32. The predicted molar refractivity (Wildman–Crippen MR) is 125 cm³/mol. The van der Waals surface area contributed by atoms with Gasteiger partial charge in [-0.2, -0.15) is 9.30 Å². The van der Waals surface area contributed by atoms with Gasteiger partial charge in [0.25, 0.3) is 15.9 Å². The second-order valence-electron chi connectivity index (χ2n) is 7.34. The van der Waals surface area contributed by atoms with E-state index in [1.54, 1.807) is 31.7 Å². The molecule has 0 unspecified atom stereocenters. The van der Waals surface area contributed by atoms with Crippen molar-refractivity contribution in [1.82, 2.24) is 8.87 Å². The van der Waals surface area contributed by atoms with Crippen LogP contribution >= 0.6 is 22.7 Å². The third-order valence-corrected chi connectivity index (χ3v) is 9.97. The number of amides is 1. The lowest BCUT2D eigenvalue weighted by molar-refractivity contribution is -0.122. The SMILES string of the molecule is CCn1c(=NC(=O)C2CCN(S(=O)(=O)c3cccs3)CC2)sc2c(OC)ccc(OC)c21. The Hall–Kier alpha value is -2.21. The number of sulfonamides is 1. The van der Waals surface area contributed by atoms with Gasteiger partial charge in [0.2, 0.25) is 0 Å². The lowest BCUT2D eigenvalue weighted by Crippen LogP contribution is -2.40. The molecule has 0 radical (unpaired) electrons. The Labute approximate surface area is 194 Å². The van der Waals surface area contributed by atoms with Gasteiger partial charge < -0.3 is 14.0 Å². The maximum absolute atomic E-state index is 13.0. The summed E-state index contributed by atoms with van der Waals surface area (Å²) in [6.07, 6.45) is 0.910. The van der Waals surface area contributed by atoms with Crippen LogP contribution in [0.4, 0.5) is 0 Å². The summed E-state index contributed by atoms with van der Waals surface area (Å²) in [6.45, 7) is 3.23. The minimum absolute atomic E-state index is 0.218. The lowest BCUT2D eigenvalue weighted by Gasteiger charge is -2.29. The van der Waals surface area contributed by atoms with Crippen molar-refractivity contribution in [2.45, 2.75) is 30.5 Å². The van der Waals surface area contributed by atoms with Crippen LogP contribution in [0.2, 0.25) is 0 Å². The van der Waals surface area contributed by atoms with Gasteiger partial charge in [-0.1, -0.05) is 17.4 Å². The smallest absolute Gasteiger partial charge is 0.252 e. The van der Waals surface area contributed by atoms with Crippen LogP contribution in [0.15, 0.2) is 38.8 Å². The Morgan fingerprint density at radius 2 is 1.84 bits per heavy atom. The number of thiazole rings is 1. The number of thiophene rings is 1. The van der Waals surface area contributed by atoms with Gasteiger partial charge in [0.05, 0.1) is 14.2 Å². The van der Waals surface area contributed by atoms with Crippen molar-refractivity contribution in [1.29, 1.82) is 0 Å². The molecule has 0 aliphatic carbocycles. The number of nitrogens with zero attached hydrogens (tertiary/aromatic N) is 3. The zero-order valence-corrected chi connectivity index (χ0v) is 20.6. The van der Waals surface area contributed by atoms with Crippen LogP contribution in [0, 0.1) is 5.92 Å². The number of fused-ring (bicyclic) bond motifs is 1. The van der Waals surface area contributed by atoms with Gasteiger partial charge in [0, 0.05) is 25.6 Å². The first-order valence-corrected chi connectivity index (χ1v) is 13.4. The highest BCUT2D eigenvalue weighted by molar-refractivity contribution is 7.91. The van der Waals surface area contributed by atoms with Gasteiger partial charge in [0.1, 0.15) is 25.9 Å². The Morgan fingerprint density at radius 1 is 1.16 bits per heavy atom. The van der Waals surface area contributed by atoms with E-state index in [2.05, 4.69) is 4.99 Å². The fourth-order valence-corrected chi connectivity index (χ4v) is 7.72. The van der Waals surface area contributed by atoms with E-state index in [1.165, 1.54) is 27.0 Å².